The van der Waals surface area contributed by atoms with Crippen LogP contribution in [0.2, 0.25) is 0 Å². The van der Waals surface area contributed by atoms with E-state index in [0.717, 1.165) is 11.3 Å². The second kappa shape index (κ2) is 10.4. The molecular weight excluding hydrogens is 442 g/mol. The number of nitrogens with one attached hydrogen (secondary N) is 2. The monoisotopic (exact) mass is 473 g/mol. The van der Waals surface area contributed by atoms with Crippen LogP contribution in [0.1, 0.15) is 39.7 Å². The normalized spacial score (nSPS) is 14.2. The number of nitrogens with zero attached hydrogens (tertiary/aromatic N) is 1. The lowest BCUT2D eigenvalue weighted by Gasteiger charge is -2.21. The number of benzene rings is 2. The van der Waals surface area contributed by atoms with Crippen LogP contribution in [0.5, 0.6) is 5.75 Å². The third-order valence-electron chi connectivity index (χ3n) is 5.39. The first kappa shape index (κ1) is 24.7. The van der Waals surface area contributed by atoms with Gasteiger partial charge in [0.15, 0.2) is 0 Å². The van der Waals surface area contributed by atoms with Gasteiger partial charge in [-0.2, -0.15) is 4.72 Å². The lowest BCUT2D eigenvalue weighted by atomic mass is 10.0. The van der Waals surface area contributed by atoms with Crippen LogP contribution in [-0.4, -0.2) is 39.4 Å². The first-order valence-corrected chi connectivity index (χ1v) is 12.6. The van der Waals surface area contributed by atoms with Crippen molar-refractivity contribution >= 4 is 33.2 Å². The standard InChI is InChI=1S/C24H31N3O5S/c1-5-32-20-8-6-19(7-9-20)25-24(29)22(14-16(2)3)26-33(30,31)21-10-11-23-18(15-21)12-13-27(23)17(4)28/h6-11,15-16,22,26H,5,12-14H2,1-4H3,(H,25,29). The van der Waals surface area contributed by atoms with Gasteiger partial charge in [0.2, 0.25) is 21.8 Å². The van der Waals surface area contributed by atoms with Gasteiger partial charge in [-0.15, -0.1) is 0 Å². The fourth-order valence-electron chi connectivity index (χ4n) is 3.84. The van der Waals surface area contributed by atoms with Crippen molar-refractivity contribution in [3.05, 3.63) is 48.0 Å². The molecule has 2 aromatic rings. The zero-order valence-corrected chi connectivity index (χ0v) is 20.2. The fourth-order valence-corrected chi connectivity index (χ4v) is 5.10. The molecule has 0 saturated heterocycles. The molecule has 0 bridgehead atoms. The molecule has 2 amide bonds. The Balaban J connectivity index is 1.77. The van der Waals surface area contributed by atoms with Crippen molar-refractivity contribution in [1.29, 1.82) is 0 Å². The molecule has 8 nitrogen and oxygen atoms in total. The summed E-state index contributed by atoms with van der Waals surface area (Å²) in [5, 5.41) is 2.79. The number of fused-ring (bicyclic) bond motifs is 1. The summed E-state index contributed by atoms with van der Waals surface area (Å²) in [5.74, 6) is 0.272. The van der Waals surface area contributed by atoms with Crippen LogP contribution < -0.4 is 19.7 Å². The van der Waals surface area contributed by atoms with Gasteiger partial charge in [-0.25, -0.2) is 8.42 Å². The minimum atomic E-state index is -3.95. The van der Waals surface area contributed by atoms with Crippen molar-refractivity contribution in [2.75, 3.05) is 23.4 Å². The summed E-state index contributed by atoms with van der Waals surface area (Å²) in [6.45, 7) is 8.30. The number of ether oxygens (including phenoxy) is 1. The van der Waals surface area contributed by atoms with E-state index in [-0.39, 0.29) is 16.7 Å². The van der Waals surface area contributed by atoms with Crippen molar-refractivity contribution in [1.82, 2.24) is 4.72 Å². The Morgan fingerprint density at radius 2 is 1.82 bits per heavy atom. The smallest absolute Gasteiger partial charge is 0.242 e. The van der Waals surface area contributed by atoms with E-state index in [1.54, 1.807) is 41.3 Å². The van der Waals surface area contributed by atoms with Gasteiger partial charge in [-0.3, -0.25) is 9.59 Å². The van der Waals surface area contributed by atoms with E-state index in [1.165, 1.54) is 13.0 Å². The predicted octanol–water partition coefficient (Wildman–Crippen LogP) is 3.33. The number of anilines is 2. The maximum absolute atomic E-state index is 13.1. The molecule has 1 aliphatic rings. The number of carbonyl (C=O) groups is 2. The molecule has 1 atom stereocenters. The highest BCUT2D eigenvalue weighted by molar-refractivity contribution is 7.89. The van der Waals surface area contributed by atoms with Crippen LogP contribution in [-0.2, 0) is 26.0 Å². The molecule has 0 saturated carbocycles. The molecule has 2 N–H and O–H groups in total. The van der Waals surface area contributed by atoms with Gasteiger partial charge in [0.1, 0.15) is 11.8 Å². The molecule has 3 rings (SSSR count). The third-order valence-corrected chi connectivity index (χ3v) is 6.86. The molecule has 1 heterocycles. The lowest BCUT2D eigenvalue weighted by Crippen LogP contribution is -2.44. The zero-order valence-electron chi connectivity index (χ0n) is 19.4. The molecular formula is C24H31N3O5S. The van der Waals surface area contributed by atoms with Crippen LogP contribution >= 0.6 is 0 Å². The molecule has 0 spiro atoms. The van der Waals surface area contributed by atoms with E-state index in [2.05, 4.69) is 10.0 Å². The van der Waals surface area contributed by atoms with Crippen LogP contribution in [0.3, 0.4) is 0 Å². The molecule has 2 aromatic carbocycles. The second-order valence-electron chi connectivity index (χ2n) is 8.46. The molecule has 0 aliphatic carbocycles. The molecule has 1 unspecified atom stereocenters. The average Bonchev–Trinajstić information content (AvgIpc) is 3.18. The van der Waals surface area contributed by atoms with Crippen LogP contribution in [0.4, 0.5) is 11.4 Å². The summed E-state index contributed by atoms with van der Waals surface area (Å²) < 4.78 is 34.2. The average molecular weight is 474 g/mol. The van der Waals surface area contributed by atoms with Gasteiger partial charge >= 0.3 is 0 Å². The Morgan fingerprint density at radius 1 is 1.12 bits per heavy atom. The second-order valence-corrected chi connectivity index (χ2v) is 10.2. The van der Waals surface area contributed by atoms with Gasteiger partial charge in [0.05, 0.1) is 11.5 Å². The summed E-state index contributed by atoms with van der Waals surface area (Å²) in [6.07, 6.45) is 0.928. The highest BCUT2D eigenvalue weighted by atomic mass is 32.2. The SMILES string of the molecule is CCOc1ccc(NC(=O)C(CC(C)C)NS(=O)(=O)c2ccc3c(c2)CCN3C(C)=O)cc1. The number of sulfonamides is 1. The number of carbonyl (C=O) groups excluding carboxylic acids is 2. The Hall–Kier alpha value is -2.91. The van der Waals surface area contributed by atoms with E-state index in [0.29, 0.717) is 37.4 Å². The summed E-state index contributed by atoms with van der Waals surface area (Å²) in [7, 11) is -3.95. The van der Waals surface area contributed by atoms with Gasteiger partial charge in [-0.1, -0.05) is 13.8 Å². The van der Waals surface area contributed by atoms with Gasteiger partial charge in [-0.05, 0) is 73.7 Å². The predicted molar refractivity (Wildman–Crippen MR) is 128 cm³/mol. The van der Waals surface area contributed by atoms with Gasteiger partial charge in [0.25, 0.3) is 0 Å². The number of rotatable bonds is 9. The maximum Gasteiger partial charge on any atom is 0.242 e. The summed E-state index contributed by atoms with van der Waals surface area (Å²) in [4.78, 5) is 26.4. The molecule has 0 aromatic heterocycles. The zero-order chi connectivity index (χ0) is 24.2. The Bertz CT molecular complexity index is 1110. The van der Waals surface area contributed by atoms with Crippen LogP contribution in [0.15, 0.2) is 47.4 Å². The molecule has 1 aliphatic heterocycles. The Morgan fingerprint density at radius 3 is 2.42 bits per heavy atom. The first-order chi connectivity index (χ1) is 15.6. The van der Waals surface area contributed by atoms with Crippen molar-refractivity contribution in [2.24, 2.45) is 5.92 Å². The summed E-state index contributed by atoms with van der Waals surface area (Å²) in [5.41, 5.74) is 2.08. The van der Waals surface area contributed by atoms with Gasteiger partial charge in [0, 0.05) is 24.8 Å². The highest BCUT2D eigenvalue weighted by Crippen LogP contribution is 2.30. The number of amides is 2. The van der Waals surface area contributed by atoms with Crippen molar-refractivity contribution in [3.8, 4) is 5.75 Å². The quantitative estimate of drug-likeness (QED) is 0.581. The van der Waals surface area contributed by atoms with Crippen molar-refractivity contribution < 1.29 is 22.7 Å². The number of hydrogen-bond acceptors (Lipinski definition) is 5. The van der Waals surface area contributed by atoms with E-state index in [1.807, 2.05) is 20.8 Å². The molecule has 178 valence electrons. The Kier molecular flexibility index (Phi) is 7.76. The van der Waals surface area contributed by atoms with E-state index < -0.39 is 22.0 Å². The maximum atomic E-state index is 13.1. The molecule has 0 fully saturated rings. The highest BCUT2D eigenvalue weighted by Gasteiger charge is 2.29. The molecule has 0 radical (unpaired) electrons. The fraction of sp³-hybridized carbons (Fsp3) is 0.417. The first-order valence-electron chi connectivity index (χ1n) is 11.1. The lowest BCUT2D eigenvalue weighted by molar-refractivity contribution is -0.118. The molecule has 9 heteroatoms. The summed E-state index contributed by atoms with van der Waals surface area (Å²) >= 11 is 0. The van der Waals surface area contributed by atoms with E-state index in [4.69, 9.17) is 4.74 Å². The van der Waals surface area contributed by atoms with Crippen molar-refractivity contribution in [3.63, 3.8) is 0 Å². The van der Waals surface area contributed by atoms with E-state index in [9.17, 15) is 18.0 Å². The van der Waals surface area contributed by atoms with Crippen molar-refractivity contribution in [2.45, 2.75) is 51.5 Å². The van der Waals surface area contributed by atoms with Gasteiger partial charge < -0.3 is 15.0 Å². The van der Waals surface area contributed by atoms with E-state index >= 15 is 0 Å². The summed E-state index contributed by atoms with van der Waals surface area (Å²) in [6, 6.07) is 10.7. The largest absolute Gasteiger partial charge is 0.494 e. The minimum Gasteiger partial charge on any atom is -0.494 e. The Labute approximate surface area is 195 Å². The third kappa shape index (κ3) is 6.11. The minimum absolute atomic E-state index is 0.0780. The topological polar surface area (TPSA) is 105 Å². The number of hydrogen-bond donors (Lipinski definition) is 2. The van der Waals surface area contributed by atoms with Crippen LogP contribution in [0.25, 0.3) is 0 Å². The van der Waals surface area contributed by atoms with Crippen LogP contribution in [0, 0.1) is 5.92 Å². The molecule has 33 heavy (non-hydrogen) atoms.